The van der Waals surface area contributed by atoms with Crippen LogP contribution in [0.3, 0.4) is 0 Å². The fourth-order valence-corrected chi connectivity index (χ4v) is 3.22. The maximum Gasteiger partial charge on any atom is 0.326 e. The highest BCUT2D eigenvalue weighted by molar-refractivity contribution is 6.16. The number of nitrogens with zero attached hydrogens (tertiary/aromatic N) is 1. The van der Waals surface area contributed by atoms with Gasteiger partial charge < -0.3 is 10.4 Å². The second-order valence-corrected chi connectivity index (χ2v) is 6.56. The first kappa shape index (κ1) is 15.6. The van der Waals surface area contributed by atoms with E-state index in [1.807, 2.05) is 48.5 Å². The number of fused-ring (bicyclic) bond motifs is 2. The summed E-state index contributed by atoms with van der Waals surface area (Å²) in [5, 5.41) is 13.6. The number of carbonyl (C=O) groups is 2. The normalized spacial score (nSPS) is 15.2. The molecule has 3 aromatic rings. The van der Waals surface area contributed by atoms with Crippen molar-refractivity contribution >= 4 is 33.7 Å². The Bertz CT molecular complexity index is 925. The first-order chi connectivity index (χ1) is 12.1. The van der Waals surface area contributed by atoms with Gasteiger partial charge in [0.2, 0.25) is 0 Å². The van der Waals surface area contributed by atoms with Gasteiger partial charge in [0.15, 0.2) is 0 Å². The third-order valence-corrected chi connectivity index (χ3v) is 4.68. The van der Waals surface area contributed by atoms with Gasteiger partial charge in [-0.2, -0.15) is 0 Å². The minimum atomic E-state index is -0.983. The number of pyridine rings is 1. The minimum absolute atomic E-state index is 0.358. The molecule has 1 aromatic heterocycles. The van der Waals surface area contributed by atoms with Crippen LogP contribution in [0.1, 0.15) is 29.6 Å². The molecule has 1 fully saturated rings. The number of amides is 1. The quantitative estimate of drug-likeness (QED) is 0.701. The van der Waals surface area contributed by atoms with Crippen LogP contribution >= 0.6 is 0 Å². The lowest BCUT2D eigenvalue weighted by molar-refractivity contribution is -0.139. The van der Waals surface area contributed by atoms with Crippen LogP contribution in [-0.4, -0.2) is 28.0 Å². The van der Waals surface area contributed by atoms with Gasteiger partial charge in [0.1, 0.15) is 6.04 Å². The standard InChI is InChI=1S/C20H18N2O3/c23-19(22-17(20(24)25)11-12-9-10-12)18-13-5-1-3-7-15(13)21-16-8-4-2-6-14(16)18/h1-8,12,17H,9-11H2,(H,22,23)(H,24,25)/t17-/m0/s1. The number of aliphatic carboxylic acids is 1. The number of rotatable bonds is 5. The molecule has 5 heteroatoms. The summed E-state index contributed by atoms with van der Waals surface area (Å²) in [7, 11) is 0. The van der Waals surface area contributed by atoms with E-state index < -0.39 is 12.0 Å². The average molecular weight is 334 g/mol. The number of para-hydroxylation sites is 2. The molecule has 2 aromatic carbocycles. The molecule has 126 valence electrons. The highest BCUT2D eigenvalue weighted by Gasteiger charge is 2.31. The van der Waals surface area contributed by atoms with Gasteiger partial charge in [-0.15, -0.1) is 0 Å². The summed E-state index contributed by atoms with van der Waals surface area (Å²) in [5.74, 6) is -0.932. The van der Waals surface area contributed by atoms with Crippen LogP contribution in [0, 0.1) is 5.92 Å². The van der Waals surface area contributed by atoms with Gasteiger partial charge in [-0.3, -0.25) is 4.79 Å². The lowest BCUT2D eigenvalue weighted by atomic mass is 10.0. The predicted octanol–water partition coefficient (Wildman–Crippen LogP) is 3.37. The number of hydrogen-bond donors (Lipinski definition) is 2. The van der Waals surface area contributed by atoms with E-state index in [1.165, 1.54) is 0 Å². The minimum Gasteiger partial charge on any atom is -0.480 e. The van der Waals surface area contributed by atoms with E-state index in [0.717, 1.165) is 34.6 Å². The molecule has 1 heterocycles. The van der Waals surface area contributed by atoms with Crippen LogP contribution in [-0.2, 0) is 4.79 Å². The zero-order chi connectivity index (χ0) is 17.4. The lowest BCUT2D eigenvalue weighted by Gasteiger charge is -2.16. The number of hydrogen-bond acceptors (Lipinski definition) is 3. The van der Waals surface area contributed by atoms with Crippen LogP contribution in [0.25, 0.3) is 21.8 Å². The van der Waals surface area contributed by atoms with E-state index in [0.29, 0.717) is 17.9 Å². The van der Waals surface area contributed by atoms with Crippen LogP contribution in [0.4, 0.5) is 0 Å². The van der Waals surface area contributed by atoms with Crippen molar-refractivity contribution in [3.8, 4) is 0 Å². The van der Waals surface area contributed by atoms with E-state index >= 15 is 0 Å². The summed E-state index contributed by atoms with van der Waals surface area (Å²) >= 11 is 0. The molecule has 4 rings (SSSR count). The molecule has 5 nitrogen and oxygen atoms in total. The number of nitrogens with one attached hydrogen (secondary N) is 1. The molecule has 1 aliphatic rings. The largest absolute Gasteiger partial charge is 0.480 e. The molecule has 25 heavy (non-hydrogen) atoms. The summed E-state index contributed by atoms with van der Waals surface area (Å²) in [6, 6.07) is 14.0. The van der Waals surface area contributed by atoms with Crippen molar-refractivity contribution in [2.24, 2.45) is 5.92 Å². The smallest absolute Gasteiger partial charge is 0.326 e. The predicted molar refractivity (Wildman–Crippen MR) is 95.5 cm³/mol. The molecule has 0 aliphatic heterocycles. The van der Waals surface area contributed by atoms with Crippen molar-refractivity contribution in [1.29, 1.82) is 0 Å². The zero-order valence-corrected chi connectivity index (χ0v) is 13.6. The SMILES string of the molecule is O=C(N[C@@H](CC1CC1)C(=O)O)c1c2ccccc2nc2ccccc12. The first-order valence-electron chi connectivity index (χ1n) is 8.44. The fourth-order valence-electron chi connectivity index (χ4n) is 3.22. The molecular weight excluding hydrogens is 316 g/mol. The van der Waals surface area contributed by atoms with Crippen molar-refractivity contribution in [2.45, 2.75) is 25.3 Å². The summed E-state index contributed by atoms with van der Waals surface area (Å²) in [5.41, 5.74) is 1.93. The van der Waals surface area contributed by atoms with E-state index in [9.17, 15) is 14.7 Å². The molecule has 0 saturated heterocycles. The summed E-state index contributed by atoms with van der Waals surface area (Å²) < 4.78 is 0. The third-order valence-electron chi connectivity index (χ3n) is 4.68. The number of carboxylic acids is 1. The Morgan fingerprint density at radius 3 is 2.12 bits per heavy atom. The molecule has 2 N–H and O–H groups in total. The van der Waals surface area contributed by atoms with Gasteiger partial charge >= 0.3 is 5.97 Å². The van der Waals surface area contributed by atoms with Crippen LogP contribution in [0.5, 0.6) is 0 Å². The van der Waals surface area contributed by atoms with Crippen LogP contribution in [0.15, 0.2) is 48.5 Å². The van der Waals surface area contributed by atoms with Crippen LogP contribution in [0.2, 0.25) is 0 Å². The molecule has 0 spiro atoms. The average Bonchev–Trinajstić information content (AvgIpc) is 3.42. The lowest BCUT2D eigenvalue weighted by Crippen LogP contribution is -2.41. The summed E-state index contributed by atoms with van der Waals surface area (Å²) in [4.78, 5) is 29.1. The Hall–Kier alpha value is -2.95. The Morgan fingerprint density at radius 1 is 1.04 bits per heavy atom. The Balaban J connectivity index is 1.79. The molecule has 1 saturated carbocycles. The van der Waals surface area contributed by atoms with Crippen molar-refractivity contribution in [2.75, 3.05) is 0 Å². The van der Waals surface area contributed by atoms with Gasteiger partial charge in [0.05, 0.1) is 16.6 Å². The van der Waals surface area contributed by atoms with Gasteiger partial charge in [-0.1, -0.05) is 49.2 Å². The molecule has 1 amide bonds. The molecule has 0 radical (unpaired) electrons. The van der Waals surface area contributed by atoms with E-state index in [2.05, 4.69) is 10.3 Å². The number of aromatic nitrogens is 1. The van der Waals surface area contributed by atoms with Gasteiger partial charge in [-0.25, -0.2) is 9.78 Å². The fraction of sp³-hybridized carbons (Fsp3) is 0.250. The van der Waals surface area contributed by atoms with Crippen molar-refractivity contribution in [1.82, 2.24) is 10.3 Å². The Labute approximate surface area is 144 Å². The van der Waals surface area contributed by atoms with Gasteiger partial charge in [0.25, 0.3) is 5.91 Å². The Morgan fingerprint density at radius 2 is 1.60 bits per heavy atom. The van der Waals surface area contributed by atoms with E-state index in [4.69, 9.17) is 0 Å². The molecular formula is C20H18N2O3. The maximum atomic E-state index is 13.0. The number of carboxylic acid groups (broad SMARTS) is 1. The molecule has 1 aliphatic carbocycles. The second-order valence-electron chi connectivity index (χ2n) is 6.56. The van der Waals surface area contributed by atoms with Crippen molar-refractivity contribution < 1.29 is 14.7 Å². The third kappa shape index (κ3) is 3.05. The molecule has 0 bridgehead atoms. The highest BCUT2D eigenvalue weighted by Crippen LogP contribution is 2.34. The van der Waals surface area contributed by atoms with Gasteiger partial charge in [-0.05, 0) is 24.5 Å². The Kier molecular flexibility index (Phi) is 3.84. The highest BCUT2D eigenvalue weighted by atomic mass is 16.4. The topological polar surface area (TPSA) is 79.3 Å². The van der Waals surface area contributed by atoms with Gasteiger partial charge in [0, 0.05) is 10.8 Å². The maximum absolute atomic E-state index is 13.0. The monoisotopic (exact) mass is 334 g/mol. The summed E-state index contributed by atoms with van der Waals surface area (Å²) in [6.45, 7) is 0. The van der Waals surface area contributed by atoms with E-state index in [1.54, 1.807) is 0 Å². The molecule has 0 unspecified atom stereocenters. The van der Waals surface area contributed by atoms with E-state index in [-0.39, 0.29) is 5.91 Å². The second kappa shape index (κ2) is 6.16. The van der Waals surface area contributed by atoms with Crippen molar-refractivity contribution in [3.05, 3.63) is 54.1 Å². The summed E-state index contributed by atoms with van der Waals surface area (Å²) in [6.07, 6.45) is 2.57. The van der Waals surface area contributed by atoms with Crippen LogP contribution < -0.4 is 5.32 Å². The first-order valence-corrected chi connectivity index (χ1v) is 8.44. The van der Waals surface area contributed by atoms with Crippen molar-refractivity contribution in [3.63, 3.8) is 0 Å². The number of carbonyl (C=O) groups excluding carboxylic acids is 1. The zero-order valence-electron chi connectivity index (χ0n) is 13.6. The number of benzene rings is 2. The molecule has 1 atom stereocenters.